The summed E-state index contributed by atoms with van der Waals surface area (Å²) in [4.78, 5) is 30.1. The zero-order valence-corrected chi connectivity index (χ0v) is 16.7. The summed E-state index contributed by atoms with van der Waals surface area (Å²) in [5.41, 5.74) is 1.23. The first-order chi connectivity index (χ1) is 13.9. The van der Waals surface area contributed by atoms with Crippen molar-refractivity contribution in [2.24, 2.45) is 0 Å². The summed E-state index contributed by atoms with van der Waals surface area (Å²) in [5.74, 6) is -0.764. The number of carbonyl (C=O) groups is 2. The lowest BCUT2D eigenvalue weighted by atomic mass is 10.3. The molecular formula is C21H19FN2O4S. The minimum atomic E-state index is -0.864. The smallest absolute Gasteiger partial charge is 0.347 e. The van der Waals surface area contributed by atoms with Gasteiger partial charge in [-0.1, -0.05) is 18.2 Å². The van der Waals surface area contributed by atoms with Crippen molar-refractivity contribution < 1.29 is 23.5 Å². The van der Waals surface area contributed by atoms with E-state index in [1.807, 2.05) is 30.3 Å². The van der Waals surface area contributed by atoms with Crippen molar-refractivity contribution in [2.45, 2.75) is 26.6 Å². The number of aromatic nitrogens is 1. The zero-order valence-electron chi connectivity index (χ0n) is 15.9. The number of hydrogen-bond acceptors (Lipinski definition) is 6. The predicted molar refractivity (Wildman–Crippen MR) is 108 cm³/mol. The Morgan fingerprint density at radius 2 is 1.83 bits per heavy atom. The highest BCUT2D eigenvalue weighted by Gasteiger charge is 2.20. The predicted octanol–water partition coefficient (Wildman–Crippen LogP) is 4.48. The Hall–Kier alpha value is -3.26. The second-order valence-electron chi connectivity index (χ2n) is 6.13. The fourth-order valence-corrected chi connectivity index (χ4v) is 3.37. The molecule has 1 aromatic heterocycles. The third kappa shape index (κ3) is 5.39. The van der Waals surface area contributed by atoms with Gasteiger partial charge in [0.05, 0.1) is 11.4 Å². The summed E-state index contributed by atoms with van der Waals surface area (Å²) < 4.78 is 23.6. The fraction of sp³-hybridized carbons (Fsp3) is 0.190. The first-order valence-corrected chi connectivity index (χ1v) is 9.71. The Morgan fingerprint density at radius 1 is 1.14 bits per heavy atom. The second-order valence-corrected chi connectivity index (χ2v) is 6.97. The molecule has 0 radical (unpaired) electrons. The Kier molecular flexibility index (Phi) is 6.56. The van der Waals surface area contributed by atoms with E-state index in [0.717, 1.165) is 0 Å². The number of nitrogens with zero attached hydrogens (tertiary/aromatic N) is 2. The van der Waals surface area contributed by atoms with Crippen molar-refractivity contribution in [3.8, 4) is 5.75 Å². The highest BCUT2D eigenvalue weighted by atomic mass is 32.1. The van der Waals surface area contributed by atoms with Gasteiger partial charge in [-0.2, -0.15) is 0 Å². The molecule has 0 fully saturated rings. The molecule has 0 spiro atoms. The van der Waals surface area contributed by atoms with Crippen LogP contribution >= 0.6 is 11.3 Å². The molecule has 0 aliphatic rings. The van der Waals surface area contributed by atoms with E-state index >= 15 is 0 Å². The van der Waals surface area contributed by atoms with Crippen LogP contribution in [0, 0.1) is 5.82 Å². The molecule has 0 bridgehead atoms. The summed E-state index contributed by atoms with van der Waals surface area (Å²) in [7, 11) is 0. The summed E-state index contributed by atoms with van der Waals surface area (Å²) in [6, 6.07) is 14.5. The zero-order chi connectivity index (χ0) is 20.8. The standard InChI is InChI=1S/C21H19FN2O4S/c1-14(28-19-10-8-16(22)9-11-19)20(26)27-12-17-13-29-21(23-17)24(15(2)25)18-6-4-3-5-7-18/h3-11,13-14H,12H2,1-2H3/t14-/m0/s1. The van der Waals surface area contributed by atoms with Gasteiger partial charge >= 0.3 is 5.97 Å². The van der Waals surface area contributed by atoms with E-state index in [0.29, 0.717) is 22.3 Å². The molecule has 29 heavy (non-hydrogen) atoms. The molecule has 1 amide bonds. The van der Waals surface area contributed by atoms with Crippen LogP contribution in [0.4, 0.5) is 15.2 Å². The van der Waals surface area contributed by atoms with Gasteiger partial charge in [-0.3, -0.25) is 9.69 Å². The molecule has 0 aliphatic carbocycles. The maximum Gasteiger partial charge on any atom is 0.347 e. The SMILES string of the molecule is CC(=O)N(c1ccccc1)c1nc(COC(=O)[C@H](C)Oc2ccc(F)cc2)cs1. The van der Waals surface area contributed by atoms with Gasteiger partial charge in [0.2, 0.25) is 5.91 Å². The highest BCUT2D eigenvalue weighted by molar-refractivity contribution is 7.14. The maximum absolute atomic E-state index is 12.9. The van der Waals surface area contributed by atoms with Crippen LogP contribution in [0.5, 0.6) is 5.75 Å². The number of halogens is 1. The number of ether oxygens (including phenoxy) is 2. The first-order valence-electron chi connectivity index (χ1n) is 8.83. The third-order valence-corrected chi connectivity index (χ3v) is 4.76. The van der Waals surface area contributed by atoms with Crippen LogP contribution in [0.3, 0.4) is 0 Å². The number of anilines is 2. The summed E-state index contributed by atoms with van der Waals surface area (Å²) >= 11 is 1.28. The first kappa shape index (κ1) is 20.5. The van der Waals surface area contributed by atoms with Crippen LogP contribution in [0.1, 0.15) is 19.5 Å². The van der Waals surface area contributed by atoms with E-state index in [-0.39, 0.29) is 18.3 Å². The number of thiazole rings is 1. The van der Waals surface area contributed by atoms with Crippen molar-refractivity contribution in [2.75, 3.05) is 4.90 Å². The van der Waals surface area contributed by atoms with Crippen LogP contribution in [-0.4, -0.2) is 23.0 Å². The number of hydrogen-bond donors (Lipinski definition) is 0. The van der Waals surface area contributed by atoms with Crippen LogP contribution in [0.25, 0.3) is 0 Å². The molecular weight excluding hydrogens is 395 g/mol. The molecule has 1 heterocycles. The number of carbonyl (C=O) groups excluding carboxylic acids is 2. The van der Waals surface area contributed by atoms with Crippen LogP contribution < -0.4 is 9.64 Å². The Labute approximate surface area is 171 Å². The van der Waals surface area contributed by atoms with E-state index in [1.165, 1.54) is 47.4 Å². The number of para-hydroxylation sites is 1. The van der Waals surface area contributed by atoms with E-state index in [4.69, 9.17) is 9.47 Å². The fourth-order valence-electron chi connectivity index (χ4n) is 2.50. The molecule has 6 nitrogen and oxygen atoms in total. The minimum absolute atomic E-state index is 0.0486. The molecule has 0 saturated carbocycles. The average molecular weight is 414 g/mol. The molecule has 150 valence electrons. The summed E-state index contributed by atoms with van der Waals surface area (Å²) in [5, 5.41) is 2.22. The van der Waals surface area contributed by atoms with Gasteiger partial charge in [0.15, 0.2) is 11.2 Å². The molecule has 2 aromatic carbocycles. The van der Waals surface area contributed by atoms with E-state index < -0.39 is 12.1 Å². The maximum atomic E-state index is 12.9. The Balaban J connectivity index is 1.60. The molecule has 0 N–H and O–H groups in total. The van der Waals surface area contributed by atoms with Crippen molar-refractivity contribution >= 4 is 34.0 Å². The quantitative estimate of drug-likeness (QED) is 0.533. The van der Waals surface area contributed by atoms with E-state index in [1.54, 1.807) is 12.3 Å². The summed E-state index contributed by atoms with van der Waals surface area (Å²) in [6.07, 6.45) is -0.864. The Morgan fingerprint density at radius 3 is 2.48 bits per heavy atom. The lowest BCUT2D eigenvalue weighted by Gasteiger charge is -2.17. The van der Waals surface area contributed by atoms with Crippen LogP contribution in [0.15, 0.2) is 60.0 Å². The Bertz CT molecular complexity index is 976. The van der Waals surface area contributed by atoms with Gasteiger partial charge in [0.1, 0.15) is 18.2 Å². The van der Waals surface area contributed by atoms with Gasteiger partial charge < -0.3 is 9.47 Å². The van der Waals surface area contributed by atoms with Crippen molar-refractivity contribution in [3.05, 3.63) is 71.5 Å². The van der Waals surface area contributed by atoms with Gasteiger partial charge in [0, 0.05) is 12.3 Å². The molecule has 3 aromatic rings. The molecule has 0 saturated heterocycles. The molecule has 1 atom stereocenters. The molecule has 0 unspecified atom stereocenters. The highest BCUT2D eigenvalue weighted by Crippen LogP contribution is 2.29. The van der Waals surface area contributed by atoms with Crippen LogP contribution in [-0.2, 0) is 20.9 Å². The van der Waals surface area contributed by atoms with Gasteiger partial charge in [-0.05, 0) is 43.3 Å². The minimum Gasteiger partial charge on any atom is -0.479 e. The normalized spacial score (nSPS) is 11.6. The topological polar surface area (TPSA) is 68.7 Å². The van der Waals surface area contributed by atoms with Crippen molar-refractivity contribution in [3.63, 3.8) is 0 Å². The molecule has 8 heteroatoms. The third-order valence-electron chi connectivity index (χ3n) is 3.88. The second kappa shape index (κ2) is 9.29. The van der Waals surface area contributed by atoms with Gasteiger partial charge in [-0.15, -0.1) is 11.3 Å². The van der Waals surface area contributed by atoms with E-state index in [2.05, 4.69) is 4.98 Å². The number of rotatable bonds is 7. The monoisotopic (exact) mass is 414 g/mol. The largest absolute Gasteiger partial charge is 0.479 e. The van der Waals surface area contributed by atoms with Crippen molar-refractivity contribution in [1.82, 2.24) is 4.98 Å². The van der Waals surface area contributed by atoms with Gasteiger partial charge in [0.25, 0.3) is 0 Å². The molecule has 0 aliphatic heterocycles. The molecule has 3 rings (SSSR count). The summed E-state index contributed by atoms with van der Waals surface area (Å²) in [6.45, 7) is 2.96. The number of benzene rings is 2. The van der Waals surface area contributed by atoms with Gasteiger partial charge in [-0.25, -0.2) is 14.2 Å². The number of esters is 1. The van der Waals surface area contributed by atoms with Crippen LogP contribution in [0.2, 0.25) is 0 Å². The average Bonchev–Trinajstić information content (AvgIpc) is 3.17. The number of amides is 1. The lowest BCUT2D eigenvalue weighted by molar-refractivity contribution is -0.152. The van der Waals surface area contributed by atoms with Crippen molar-refractivity contribution in [1.29, 1.82) is 0 Å². The lowest BCUT2D eigenvalue weighted by Crippen LogP contribution is -2.26. The van der Waals surface area contributed by atoms with E-state index in [9.17, 15) is 14.0 Å².